The zero-order valence-electron chi connectivity index (χ0n) is 10.5. The molecule has 0 fully saturated rings. The number of rotatable bonds is 4. The first-order valence-electron chi connectivity index (χ1n) is 5.45. The van der Waals surface area contributed by atoms with E-state index in [1.165, 1.54) is 6.07 Å². The summed E-state index contributed by atoms with van der Waals surface area (Å²) in [7, 11) is -3.97. The van der Waals surface area contributed by atoms with Crippen LogP contribution in [0.5, 0.6) is 0 Å². The Morgan fingerprint density at radius 2 is 2.06 bits per heavy atom. The minimum atomic E-state index is -3.97. The van der Waals surface area contributed by atoms with Crippen molar-refractivity contribution in [3.8, 4) is 6.07 Å². The number of sulfonamides is 1. The predicted molar refractivity (Wildman–Crippen MR) is 65.8 cm³/mol. The summed E-state index contributed by atoms with van der Waals surface area (Å²) in [6.07, 6.45) is 0.561. The molecule has 0 amide bonds. The molecule has 0 radical (unpaired) electrons. The van der Waals surface area contributed by atoms with Crippen LogP contribution in [0.3, 0.4) is 0 Å². The van der Waals surface area contributed by atoms with Gasteiger partial charge in [-0.3, -0.25) is 0 Å². The van der Waals surface area contributed by atoms with Crippen LogP contribution in [0.4, 0.5) is 4.39 Å². The Hall–Kier alpha value is -1.45. The molecule has 98 valence electrons. The second-order valence-corrected chi connectivity index (χ2v) is 6.25. The van der Waals surface area contributed by atoms with E-state index in [2.05, 4.69) is 4.72 Å². The van der Waals surface area contributed by atoms with Gasteiger partial charge in [0.25, 0.3) is 0 Å². The molecule has 0 aliphatic rings. The van der Waals surface area contributed by atoms with Gasteiger partial charge in [-0.25, -0.2) is 17.5 Å². The first kappa shape index (κ1) is 14.6. The van der Waals surface area contributed by atoms with Crippen LogP contribution in [0.2, 0.25) is 0 Å². The largest absolute Gasteiger partial charge is 0.244 e. The number of hydrogen-bond donors (Lipinski definition) is 1. The van der Waals surface area contributed by atoms with Crippen LogP contribution in [0, 0.1) is 17.1 Å². The summed E-state index contributed by atoms with van der Waals surface area (Å²) in [5.74, 6) is -0.867. The average Bonchev–Trinajstić information content (AvgIpc) is 2.28. The standard InChI is InChI=1S/C12H15FN2O2S/c1-4-12(2,3)15-18(16,17)11-7-9(8-14)5-6-10(11)13/h5-7,15H,4H2,1-3H3. The molecule has 0 aliphatic heterocycles. The highest BCUT2D eigenvalue weighted by Gasteiger charge is 2.27. The molecule has 0 aromatic heterocycles. The van der Waals surface area contributed by atoms with Crippen LogP contribution in [-0.4, -0.2) is 14.0 Å². The van der Waals surface area contributed by atoms with Gasteiger partial charge in [-0.2, -0.15) is 5.26 Å². The molecule has 0 atom stereocenters. The highest BCUT2D eigenvalue weighted by atomic mass is 32.2. The van der Waals surface area contributed by atoms with Gasteiger partial charge in [0.15, 0.2) is 0 Å². The summed E-state index contributed by atoms with van der Waals surface area (Å²) in [5, 5.41) is 8.71. The third kappa shape index (κ3) is 3.28. The van der Waals surface area contributed by atoms with Crippen LogP contribution in [-0.2, 0) is 10.0 Å². The fourth-order valence-corrected chi connectivity index (χ4v) is 2.86. The molecule has 4 nitrogen and oxygen atoms in total. The van der Waals surface area contributed by atoms with Crippen molar-refractivity contribution >= 4 is 10.0 Å². The number of nitriles is 1. The molecule has 1 rings (SSSR count). The Morgan fingerprint density at radius 3 is 2.56 bits per heavy atom. The second kappa shape index (κ2) is 5.04. The van der Waals surface area contributed by atoms with E-state index in [-0.39, 0.29) is 5.56 Å². The Kier molecular flexibility index (Phi) is 4.09. The summed E-state index contributed by atoms with van der Waals surface area (Å²) >= 11 is 0. The molecule has 0 saturated carbocycles. The monoisotopic (exact) mass is 270 g/mol. The van der Waals surface area contributed by atoms with Gasteiger partial charge in [0.05, 0.1) is 11.6 Å². The van der Waals surface area contributed by atoms with Gasteiger partial charge < -0.3 is 0 Å². The van der Waals surface area contributed by atoms with Crippen molar-refractivity contribution in [1.29, 1.82) is 5.26 Å². The van der Waals surface area contributed by atoms with Crippen molar-refractivity contribution in [1.82, 2.24) is 4.72 Å². The molecular formula is C12H15FN2O2S. The molecule has 0 aliphatic carbocycles. The summed E-state index contributed by atoms with van der Waals surface area (Å²) in [6, 6.07) is 5.03. The van der Waals surface area contributed by atoms with Crippen molar-refractivity contribution < 1.29 is 12.8 Å². The summed E-state index contributed by atoms with van der Waals surface area (Å²) in [5.41, 5.74) is -0.570. The van der Waals surface area contributed by atoms with E-state index in [1.54, 1.807) is 19.9 Å². The molecule has 0 spiro atoms. The van der Waals surface area contributed by atoms with Crippen molar-refractivity contribution in [2.24, 2.45) is 0 Å². The summed E-state index contributed by atoms with van der Waals surface area (Å²) in [4.78, 5) is -0.497. The molecule has 1 aromatic carbocycles. The second-order valence-electron chi connectivity index (χ2n) is 4.60. The number of hydrogen-bond acceptors (Lipinski definition) is 3. The van der Waals surface area contributed by atoms with Crippen LogP contribution in [0.15, 0.2) is 23.1 Å². The number of nitrogens with zero attached hydrogens (tertiary/aromatic N) is 1. The van der Waals surface area contributed by atoms with Gasteiger partial charge in [-0.15, -0.1) is 0 Å². The maximum Gasteiger partial charge on any atom is 0.244 e. The number of halogens is 1. The van der Waals surface area contributed by atoms with E-state index in [9.17, 15) is 12.8 Å². The summed E-state index contributed by atoms with van der Waals surface area (Å²) < 4.78 is 40.0. The molecule has 1 aromatic rings. The van der Waals surface area contributed by atoms with E-state index >= 15 is 0 Å². The molecule has 0 unspecified atom stereocenters. The molecular weight excluding hydrogens is 255 g/mol. The number of nitrogens with one attached hydrogen (secondary N) is 1. The SMILES string of the molecule is CCC(C)(C)NS(=O)(=O)c1cc(C#N)ccc1F. The minimum Gasteiger partial charge on any atom is -0.207 e. The summed E-state index contributed by atoms with van der Waals surface area (Å²) in [6.45, 7) is 5.23. The normalized spacial score (nSPS) is 12.2. The average molecular weight is 270 g/mol. The number of benzene rings is 1. The van der Waals surface area contributed by atoms with Gasteiger partial charge in [-0.05, 0) is 38.5 Å². The first-order chi connectivity index (χ1) is 8.22. The molecule has 0 heterocycles. The van der Waals surface area contributed by atoms with Gasteiger partial charge >= 0.3 is 0 Å². The Labute approximate surface area is 106 Å². The first-order valence-corrected chi connectivity index (χ1v) is 6.94. The molecule has 1 N–H and O–H groups in total. The molecule has 0 saturated heterocycles. The van der Waals surface area contributed by atoms with Crippen LogP contribution in [0.1, 0.15) is 32.8 Å². The van der Waals surface area contributed by atoms with Crippen LogP contribution < -0.4 is 4.72 Å². The van der Waals surface area contributed by atoms with Crippen molar-refractivity contribution in [3.05, 3.63) is 29.6 Å². The lowest BCUT2D eigenvalue weighted by atomic mass is 10.0. The predicted octanol–water partition coefficient (Wildman–Crippen LogP) is 2.16. The van der Waals surface area contributed by atoms with E-state index in [1.807, 2.05) is 6.92 Å². The highest BCUT2D eigenvalue weighted by Crippen LogP contribution is 2.19. The van der Waals surface area contributed by atoms with Gasteiger partial charge in [-0.1, -0.05) is 6.92 Å². The highest BCUT2D eigenvalue weighted by molar-refractivity contribution is 7.89. The van der Waals surface area contributed by atoms with Crippen LogP contribution in [0.25, 0.3) is 0 Å². The maximum atomic E-state index is 13.6. The lowest BCUT2D eigenvalue weighted by molar-refractivity contribution is 0.437. The van der Waals surface area contributed by atoms with Gasteiger partial charge in [0.1, 0.15) is 10.7 Å². The fraction of sp³-hybridized carbons (Fsp3) is 0.417. The zero-order valence-corrected chi connectivity index (χ0v) is 11.3. The zero-order chi connectivity index (χ0) is 14.0. The molecule has 18 heavy (non-hydrogen) atoms. The fourth-order valence-electron chi connectivity index (χ4n) is 1.27. The van der Waals surface area contributed by atoms with E-state index in [0.29, 0.717) is 6.42 Å². The molecule has 6 heteroatoms. The van der Waals surface area contributed by atoms with Crippen molar-refractivity contribution in [2.45, 2.75) is 37.6 Å². The van der Waals surface area contributed by atoms with E-state index < -0.39 is 26.3 Å². The van der Waals surface area contributed by atoms with E-state index in [4.69, 9.17) is 5.26 Å². The third-order valence-electron chi connectivity index (χ3n) is 2.64. The Bertz CT molecular complexity index is 589. The Balaban J connectivity index is 3.25. The van der Waals surface area contributed by atoms with Gasteiger partial charge in [0, 0.05) is 5.54 Å². The molecule has 0 bridgehead atoms. The van der Waals surface area contributed by atoms with Crippen molar-refractivity contribution in [2.75, 3.05) is 0 Å². The lowest BCUT2D eigenvalue weighted by Gasteiger charge is -2.24. The smallest absolute Gasteiger partial charge is 0.207 e. The maximum absolute atomic E-state index is 13.6. The topological polar surface area (TPSA) is 70.0 Å². The van der Waals surface area contributed by atoms with Crippen molar-refractivity contribution in [3.63, 3.8) is 0 Å². The van der Waals surface area contributed by atoms with Gasteiger partial charge in [0.2, 0.25) is 10.0 Å². The lowest BCUT2D eigenvalue weighted by Crippen LogP contribution is -2.42. The van der Waals surface area contributed by atoms with Crippen LogP contribution >= 0.6 is 0 Å². The van der Waals surface area contributed by atoms with E-state index in [0.717, 1.165) is 12.1 Å². The third-order valence-corrected chi connectivity index (χ3v) is 4.36. The minimum absolute atomic E-state index is 0.103. The Morgan fingerprint density at radius 1 is 1.44 bits per heavy atom. The quantitative estimate of drug-likeness (QED) is 0.911.